The Balaban J connectivity index is 2.04. The minimum absolute atomic E-state index is 0.00275. The minimum atomic E-state index is -0.00275. The summed E-state index contributed by atoms with van der Waals surface area (Å²) in [4.78, 5) is 0. The summed E-state index contributed by atoms with van der Waals surface area (Å²) in [5, 5.41) is 22.2. The molecule has 0 amide bonds. The quantitative estimate of drug-likeness (QED) is 0.878. The molecule has 0 aromatic heterocycles. The van der Waals surface area contributed by atoms with Crippen LogP contribution in [-0.4, -0.2) is 18.3 Å². The van der Waals surface area contributed by atoms with Crippen LogP contribution in [0.2, 0.25) is 5.02 Å². The number of aliphatic hydroxyl groups excluding tert-OH is 1. The number of halogens is 1. The van der Waals surface area contributed by atoms with Crippen LogP contribution in [0.4, 0.5) is 5.69 Å². The molecule has 0 spiro atoms. The summed E-state index contributed by atoms with van der Waals surface area (Å²) in [6, 6.07) is 7.28. The van der Waals surface area contributed by atoms with Crippen LogP contribution in [0.15, 0.2) is 18.2 Å². The third-order valence-electron chi connectivity index (χ3n) is 3.75. The lowest BCUT2D eigenvalue weighted by molar-refractivity contribution is 0.142. The van der Waals surface area contributed by atoms with E-state index in [-0.39, 0.29) is 12.0 Å². The van der Waals surface area contributed by atoms with Gasteiger partial charge in [0.1, 0.15) is 0 Å². The summed E-state index contributed by atoms with van der Waals surface area (Å²) in [6.07, 6.45) is 4.49. The molecule has 0 unspecified atom stereocenters. The molecule has 1 saturated carbocycles. The molecule has 0 atom stereocenters. The molecular weight excluding hydrogens is 248 g/mol. The van der Waals surface area contributed by atoms with E-state index >= 15 is 0 Å². The van der Waals surface area contributed by atoms with Crippen LogP contribution in [-0.2, 0) is 0 Å². The molecule has 2 N–H and O–H groups in total. The molecule has 18 heavy (non-hydrogen) atoms. The van der Waals surface area contributed by atoms with Crippen molar-refractivity contribution in [1.82, 2.24) is 0 Å². The lowest BCUT2D eigenvalue weighted by Gasteiger charge is -2.27. The van der Waals surface area contributed by atoms with Gasteiger partial charge in [0.15, 0.2) is 0 Å². The fourth-order valence-electron chi connectivity index (χ4n) is 2.53. The van der Waals surface area contributed by atoms with E-state index in [1.54, 1.807) is 12.1 Å². The van der Waals surface area contributed by atoms with Crippen LogP contribution in [0, 0.1) is 16.7 Å². The maximum absolute atomic E-state index is 9.53. The van der Waals surface area contributed by atoms with Gasteiger partial charge in [0.05, 0.1) is 28.9 Å². The van der Waals surface area contributed by atoms with Gasteiger partial charge >= 0.3 is 0 Å². The van der Waals surface area contributed by atoms with Crippen molar-refractivity contribution in [2.45, 2.75) is 25.7 Å². The van der Waals surface area contributed by atoms with E-state index in [4.69, 9.17) is 16.9 Å². The molecule has 2 rings (SSSR count). The summed E-state index contributed by atoms with van der Waals surface area (Å²) >= 11 is 6.11. The number of anilines is 1. The standard InChI is InChI=1S/C14H17ClN2O/c15-12-7-11(8-16)3-4-13(12)17-9-14(10-18)5-1-2-6-14/h3-4,7,17-18H,1-2,5-6,9-10H2. The van der Waals surface area contributed by atoms with Crippen molar-refractivity contribution in [2.24, 2.45) is 5.41 Å². The van der Waals surface area contributed by atoms with Crippen molar-refractivity contribution in [3.8, 4) is 6.07 Å². The molecule has 4 heteroatoms. The summed E-state index contributed by atoms with van der Waals surface area (Å²) < 4.78 is 0. The van der Waals surface area contributed by atoms with Gasteiger partial charge in [0.2, 0.25) is 0 Å². The van der Waals surface area contributed by atoms with Crippen LogP contribution in [0.25, 0.3) is 0 Å². The molecule has 0 saturated heterocycles. The zero-order valence-corrected chi connectivity index (χ0v) is 11.0. The molecule has 0 bridgehead atoms. The lowest BCUT2D eigenvalue weighted by Crippen LogP contribution is -2.30. The lowest BCUT2D eigenvalue weighted by atomic mass is 9.87. The van der Waals surface area contributed by atoms with Crippen LogP contribution in [0.3, 0.4) is 0 Å². The predicted octanol–water partition coefficient (Wildman–Crippen LogP) is 3.18. The van der Waals surface area contributed by atoms with Gasteiger partial charge in [-0.2, -0.15) is 5.26 Å². The maximum atomic E-state index is 9.53. The third kappa shape index (κ3) is 2.77. The zero-order chi connectivity index (χ0) is 13.0. The average molecular weight is 265 g/mol. The van der Waals surface area contributed by atoms with Gasteiger partial charge in [-0.3, -0.25) is 0 Å². The zero-order valence-electron chi connectivity index (χ0n) is 10.2. The number of aliphatic hydroxyl groups is 1. The van der Waals surface area contributed by atoms with Crippen molar-refractivity contribution in [3.63, 3.8) is 0 Å². The van der Waals surface area contributed by atoms with Crippen molar-refractivity contribution >= 4 is 17.3 Å². The molecule has 1 aromatic rings. The highest BCUT2D eigenvalue weighted by molar-refractivity contribution is 6.33. The molecule has 0 aliphatic heterocycles. The average Bonchev–Trinajstić information content (AvgIpc) is 2.86. The van der Waals surface area contributed by atoms with Crippen LogP contribution in [0.1, 0.15) is 31.2 Å². The van der Waals surface area contributed by atoms with Gasteiger partial charge in [-0.25, -0.2) is 0 Å². The van der Waals surface area contributed by atoms with Gasteiger partial charge in [-0.05, 0) is 31.0 Å². The smallest absolute Gasteiger partial charge is 0.0992 e. The molecule has 96 valence electrons. The number of benzene rings is 1. The number of hydrogen-bond acceptors (Lipinski definition) is 3. The highest BCUT2D eigenvalue weighted by Gasteiger charge is 2.32. The van der Waals surface area contributed by atoms with E-state index in [0.29, 0.717) is 10.6 Å². The molecule has 0 radical (unpaired) electrons. The predicted molar refractivity (Wildman–Crippen MR) is 72.6 cm³/mol. The highest BCUT2D eigenvalue weighted by atomic mass is 35.5. The Morgan fingerprint density at radius 2 is 2.11 bits per heavy atom. The first kappa shape index (κ1) is 13.2. The van der Waals surface area contributed by atoms with E-state index in [0.717, 1.165) is 25.1 Å². The van der Waals surface area contributed by atoms with Crippen molar-refractivity contribution in [2.75, 3.05) is 18.5 Å². The van der Waals surface area contributed by atoms with E-state index in [1.807, 2.05) is 6.07 Å². The highest BCUT2D eigenvalue weighted by Crippen LogP contribution is 2.38. The summed E-state index contributed by atoms with van der Waals surface area (Å²) in [7, 11) is 0. The number of nitrogens with one attached hydrogen (secondary N) is 1. The summed E-state index contributed by atoms with van der Waals surface area (Å²) in [5.74, 6) is 0. The van der Waals surface area contributed by atoms with Crippen LogP contribution in [0.5, 0.6) is 0 Å². The minimum Gasteiger partial charge on any atom is -0.396 e. The number of nitrogens with zero attached hydrogens (tertiary/aromatic N) is 1. The monoisotopic (exact) mass is 264 g/mol. The molecular formula is C14H17ClN2O. The van der Waals surface area contributed by atoms with E-state index in [9.17, 15) is 5.11 Å². The number of hydrogen-bond donors (Lipinski definition) is 2. The van der Waals surface area contributed by atoms with E-state index < -0.39 is 0 Å². The van der Waals surface area contributed by atoms with Gasteiger partial charge < -0.3 is 10.4 Å². The second kappa shape index (κ2) is 5.60. The van der Waals surface area contributed by atoms with E-state index in [1.165, 1.54) is 12.8 Å². The summed E-state index contributed by atoms with van der Waals surface area (Å²) in [5.41, 5.74) is 1.38. The largest absolute Gasteiger partial charge is 0.396 e. The van der Waals surface area contributed by atoms with Crippen LogP contribution >= 0.6 is 11.6 Å². The Bertz CT molecular complexity index is 461. The SMILES string of the molecule is N#Cc1ccc(NCC2(CO)CCCC2)c(Cl)c1. The number of nitriles is 1. The van der Waals surface area contributed by atoms with Gasteiger partial charge in [0, 0.05) is 12.0 Å². The molecule has 0 heterocycles. The Morgan fingerprint density at radius 1 is 1.39 bits per heavy atom. The van der Waals surface area contributed by atoms with Gasteiger partial charge in [-0.1, -0.05) is 24.4 Å². The second-order valence-electron chi connectivity index (χ2n) is 5.03. The molecule has 1 aliphatic rings. The fourth-order valence-corrected chi connectivity index (χ4v) is 2.77. The first-order valence-corrected chi connectivity index (χ1v) is 6.61. The van der Waals surface area contributed by atoms with Gasteiger partial charge in [0.25, 0.3) is 0 Å². The second-order valence-corrected chi connectivity index (χ2v) is 5.43. The van der Waals surface area contributed by atoms with Crippen molar-refractivity contribution < 1.29 is 5.11 Å². The normalized spacial score (nSPS) is 17.4. The van der Waals surface area contributed by atoms with Crippen molar-refractivity contribution in [3.05, 3.63) is 28.8 Å². The van der Waals surface area contributed by atoms with Gasteiger partial charge in [-0.15, -0.1) is 0 Å². The Hall–Kier alpha value is -1.24. The molecule has 1 aliphatic carbocycles. The van der Waals surface area contributed by atoms with E-state index in [2.05, 4.69) is 11.4 Å². The fraction of sp³-hybridized carbons (Fsp3) is 0.500. The molecule has 1 fully saturated rings. The Morgan fingerprint density at radius 3 is 2.67 bits per heavy atom. The maximum Gasteiger partial charge on any atom is 0.0992 e. The van der Waals surface area contributed by atoms with Crippen molar-refractivity contribution in [1.29, 1.82) is 5.26 Å². The van der Waals surface area contributed by atoms with Crippen LogP contribution < -0.4 is 5.32 Å². The molecule has 3 nitrogen and oxygen atoms in total. The molecule has 1 aromatic carbocycles. The first-order valence-electron chi connectivity index (χ1n) is 6.23. The Kier molecular flexibility index (Phi) is 4.11. The third-order valence-corrected chi connectivity index (χ3v) is 4.06. The topological polar surface area (TPSA) is 56.0 Å². The number of rotatable bonds is 4. The first-order chi connectivity index (χ1) is 8.69. The summed E-state index contributed by atoms with van der Waals surface area (Å²) in [6.45, 7) is 0.947. The Labute approximate surface area is 112 Å².